The summed E-state index contributed by atoms with van der Waals surface area (Å²) in [7, 11) is 0. The van der Waals surface area contributed by atoms with Crippen LogP contribution in [0.4, 0.5) is 52.7 Å². The second kappa shape index (κ2) is 12.0. The number of hydrogen-bond donors (Lipinski definition) is 2. The maximum Gasteiger partial charge on any atom is 0.423 e. The van der Waals surface area contributed by atoms with Crippen LogP contribution in [0.3, 0.4) is 0 Å². The fourth-order valence-electron chi connectivity index (χ4n) is 0.371. The van der Waals surface area contributed by atoms with E-state index in [2.05, 4.69) is 21.0 Å². The number of halogens is 12. The molecule has 0 aliphatic carbocycles. The monoisotopic (exact) mass is 459 g/mol. The molecule has 0 saturated heterocycles. The Morgan fingerprint density at radius 1 is 0.615 bits per heavy atom. The summed E-state index contributed by atoms with van der Waals surface area (Å²) in [6.45, 7) is 4.08. The van der Waals surface area contributed by atoms with Gasteiger partial charge in [0.1, 0.15) is 0 Å². The van der Waals surface area contributed by atoms with Gasteiger partial charge in [-0.05, 0) is 0 Å². The molecule has 26 heavy (non-hydrogen) atoms. The first kappa shape index (κ1) is 33.1. The Labute approximate surface area is 149 Å². The summed E-state index contributed by atoms with van der Waals surface area (Å²) < 4.78 is 136. The zero-order valence-electron chi connectivity index (χ0n) is 13.1. The van der Waals surface area contributed by atoms with E-state index in [1.54, 1.807) is 0 Å². The normalized spacial score (nSPS) is 12.7. The van der Waals surface area contributed by atoms with Crippen molar-refractivity contribution in [2.45, 2.75) is 56.8 Å². The molecule has 0 aromatic heterocycles. The van der Waals surface area contributed by atoms with Gasteiger partial charge in [-0.25, -0.2) is 0 Å². The molecule has 0 aromatic rings. The van der Waals surface area contributed by atoms with E-state index in [9.17, 15) is 52.7 Å². The van der Waals surface area contributed by atoms with Gasteiger partial charge in [-0.2, -0.15) is 52.7 Å². The van der Waals surface area contributed by atoms with E-state index in [1.807, 2.05) is 13.8 Å². The molecule has 0 atom stereocenters. The van der Waals surface area contributed by atoms with Gasteiger partial charge in [-0.1, -0.05) is 0 Å². The van der Waals surface area contributed by atoms with Crippen LogP contribution in [-0.2, 0) is 17.2 Å². The number of rotatable bonds is 1. The summed E-state index contributed by atoms with van der Waals surface area (Å²) in [6, 6.07) is 0.481. The van der Waals surface area contributed by atoms with Gasteiger partial charge in [-0.3, -0.25) is 0 Å². The van der Waals surface area contributed by atoms with Crippen LogP contribution in [0.15, 0.2) is 3.79 Å². The van der Waals surface area contributed by atoms with Gasteiger partial charge >= 0.3 is 65.6 Å². The fourth-order valence-corrected chi connectivity index (χ4v) is 0.371. The molecule has 0 radical (unpaired) electrons. The molecule has 0 unspecified atom stereocenters. The molecule has 161 valence electrons. The summed E-state index contributed by atoms with van der Waals surface area (Å²) in [6.07, 6.45) is -31.0. The van der Waals surface area contributed by atoms with E-state index >= 15 is 0 Å². The van der Waals surface area contributed by atoms with Crippen LogP contribution in [0.25, 0.3) is 0 Å². The molecule has 0 spiro atoms. The van der Waals surface area contributed by atoms with Crippen molar-refractivity contribution < 1.29 is 80.1 Å². The standard InChI is InChI=1S/2C3H2F6O.C3H7N.CH3.V/c2*4-2(5,6)1(10)3(7,8)9;1-3(2)4;;/h2*1,10H;3H,1-2H3;1H3;/q;;;-1;. The van der Waals surface area contributed by atoms with Crippen LogP contribution in [-0.4, -0.2) is 53.2 Å². The van der Waals surface area contributed by atoms with Crippen LogP contribution in [0.1, 0.15) is 13.8 Å². The second-order valence-electron chi connectivity index (χ2n) is 4.18. The molecule has 0 heterocycles. The number of nitrogens with zero attached hydrogens (tertiary/aromatic N) is 1. The average Bonchev–Trinajstić information content (AvgIpc) is 2.34. The molecular weight excluding hydrogens is 445 g/mol. The van der Waals surface area contributed by atoms with E-state index in [0.29, 0.717) is 6.04 Å². The minimum atomic E-state index is -5.63. The largest absolute Gasteiger partial charge is 0.423 e. The molecule has 0 amide bonds. The van der Waals surface area contributed by atoms with E-state index in [-0.39, 0.29) is 7.43 Å². The van der Waals surface area contributed by atoms with Crippen molar-refractivity contribution in [1.29, 1.82) is 0 Å². The molecule has 0 aromatic carbocycles. The van der Waals surface area contributed by atoms with Gasteiger partial charge in [0.05, 0.1) is 0 Å². The molecular formula is C10H14F12NO2V-. The number of hydrogen-bond acceptors (Lipinski definition) is 3. The molecule has 0 saturated carbocycles. The van der Waals surface area contributed by atoms with Crippen LogP contribution >= 0.6 is 0 Å². The Morgan fingerprint density at radius 2 is 0.731 bits per heavy atom. The Balaban J connectivity index is -0.000000145. The maximum absolute atomic E-state index is 11.0. The molecule has 0 aliphatic heterocycles. The number of alkyl halides is 12. The first-order valence-electron chi connectivity index (χ1n) is 5.55. The summed E-state index contributed by atoms with van der Waals surface area (Å²) >= 11 is 2.20. The molecule has 0 rings (SSSR count). The van der Waals surface area contributed by atoms with Crippen molar-refractivity contribution in [2.75, 3.05) is 0 Å². The van der Waals surface area contributed by atoms with Gasteiger partial charge in [-0.15, -0.1) is 0 Å². The molecule has 0 bridgehead atoms. The molecule has 16 heteroatoms. The molecule has 2 N–H and O–H groups in total. The molecule has 0 aliphatic rings. The zero-order valence-corrected chi connectivity index (χ0v) is 14.5. The topological polar surface area (TPSA) is 52.8 Å². The van der Waals surface area contributed by atoms with E-state index in [1.165, 1.54) is 0 Å². The van der Waals surface area contributed by atoms with Crippen LogP contribution in [0.5, 0.6) is 0 Å². The van der Waals surface area contributed by atoms with Crippen molar-refractivity contribution in [3.05, 3.63) is 7.43 Å². The SMILES string of the molecule is CC(C)[N]=[V].OC(C(F)(F)F)C(F)(F)F.OC(C(F)(F)F)C(F)(F)F.[CH3-]. The summed E-state index contributed by atoms with van der Waals surface area (Å²) in [5.74, 6) is 0. The summed E-state index contributed by atoms with van der Waals surface area (Å²) in [5, 5.41) is 14.9. The minimum Gasteiger partial charge on any atom is -0.377 e. The van der Waals surface area contributed by atoms with Crippen molar-refractivity contribution in [1.82, 2.24) is 0 Å². The van der Waals surface area contributed by atoms with Gasteiger partial charge in [0.15, 0.2) is 0 Å². The van der Waals surface area contributed by atoms with Gasteiger partial charge in [0.25, 0.3) is 0 Å². The fraction of sp³-hybridized carbons (Fsp3) is 0.900. The Morgan fingerprint density at radius 3 is 0.731 bits per heavy atom. The smallest absolute Gasteiger partial charge is 0.377 e. The van der Waals surface area contributed by atoms with Crippen LogP contribution in [0, 0.1) is 7.43 Å². The van der Waals surface area contributed by atoms with Gasteiger partial charge < -0.3 is 17.6 Å². The predicted molar refractivity (Wildman–Crippen MR) is 60.2 cm³/mol. The summed E-state index contributed by atoms with van der Waals surface area (Å²) in [4.78, 5) is 0. The number of aliphatic hydroxyl groups is 2. The maximum atomic E-state index is 11.0. The Kier molecular flexibility index (Phi) is 15.3. The second-order valence-corrected chi connectivity index (χ2v) is 4.54. The van der Waals surface area contributed by atoms with Gasteiger partial charge in [0.2, 0.25) is 12.2 Å². The third-order valence-corrected chi connectivity index (χ3v) is 2.19. The van der Waals surface area contributed by atoms with E-state index in [4.69, 9.17) is 10.2 Å². The zero-order chi connectivity index (χ0) is 21.4. The van der Waals surface area contributed by atoms with Gasteiger partial charge in [0, 0.05) is 0 Å². The van der Waals surface area contributed by atoms with Crippen molar-refractivity contribution in [3.8, 4) is 0 Å². The third-order valence-electron chi connectivity index (χ3n) is 1.47. The third kappa shape index (κ3) is 18.3. The quantitative estimate of drug-likeness (QED) is 0.448. The van der Waals surface area contributed by atoms with Crippen molar-refractivity contribution >= 4 is 0 Å². The Bertz CT molecular complexity index is 316. The Hall–Kier alpha value is -0.536. The molecule has 3 nitrogen and oxygen atoms in total. The summed E-state index contributed by atoms with van der Waals surface area (Å²) in [5.41, 5.74) is 0. The minimum absolute atomic E-state index is 0. The van der Waals surface area contributed by atoms with E-state index in [0.717, 1.165) is 0 Å². The van der Waals surface area contributed by atoms with Crippen molar-refractivity contribution in [2.24, 2.45) is 3.79 Å². The van der Waals surface area contributed by atoms with Crippen molar-refractivity contribution in [3.63, 3.8) is 0 Å². The first-order chi connectivity index (χ1) is 10.6. The average molecular weight is 459 g/mol. The molecule has 0 fully saturated rings. The van der Waals surface area contributed by atoms with Crippen LogP contribution < -0.4 is 0 Å². The predicted octanol–water partition coefficient (Wildman–Crippen LogP) is 4.52. The van der Waals surface area contributed by atoms with E-state index < -0.39 is 36.9 Å². The van der Waals surface area contributed by atoms with Crippen LogP contribution in [0.2, 0.25) is 0 Å². The first-order valence-corrected chi connectivity index (χ1v) is 6.18. The number of aliphatic hydroxyl groups excluding tert-OH is 2.